The molecule has 2 heterocycles. The lowest BCUT2D eigenvalue weighted by Crippen LogP contribution is -2.39. The summed E-state index contributed by atoms with van der Waals surface area (Å²) in [5.41, 5.74) is 1.90. The van der Waals surface area contributed by atoms with Gasteiger partial charge in [-0.2, -0.15) is 0 Å². The van der Waals surface area contributed by atoms with E-state index < -0.39 is 11.7 Å². The molecule has 0 aliphatic carbocycles. The minimum atomic E-state index is -1.11. The average Bonchev–Trinajstić information content (AvgIpc) is 3.11. The number of rotatable bonds is 3. The lowest BCUT2D eigenvalue weighted by Gasteiger charge is -2.25. The number of phenolic OH excluding ortho intramolecular Hbond substituents is 2. The standard InChI is InChI=1S/C24H27NO5/c1-12(2)9-10-14-20-18(21(27)13-7-6-8-16(26)19(13)25(20)5)22(28)15-11-17(24(3,4)29)30-23(14)15/h6-9,17,26,28-29H,10-11H2,1-5H3. The first-order chi connectivity index (χ1) is 14.0. The van der Waals surface area contributed by atoms with E-state index in [9.17, 15) is 20.1 Å². The summed E-state index contributed by atoms with van der Waals surface area (Å²) in [6.07, 6.45) is 2.30. The monoisotopic (exact) mass is 409 g/mol. The fourth-order valence-electron chi connectivity index (χ4n) is 4.30. The zero-order valence-electron chi connectivity index (χ0n) is 17.9. The predicted octanol–water partition coefficient (Wildman–Crippen LogP) is 3.69. The van der Waals surface area contributed by atoms with Gasteiger partial charge in [0.25, 0.3) is 0 Å². The third-order valence-electron chi connectivity index (χ3n) is 5.90. The van der Waals surface area contributed by atoms with Gasteiger partial charge < -0.3 is 24.6 Å². The molecule has 2 aromatic carbocycles. The fourth-order valence-corrected chi connectivity index (χ4v) is 4.30. The second-order valence-electron chi connectivity index (χ2n) is 8.87. The van der Waals surface area contributed by atoms with Crippen LogP contribution in [0, 0.1) is 0 Å². The first-order valence-electron chi connectivity index (χ1n) is 10.1. The van der Waals surface area contributed by atoms with Crippen LogP contribution in [0.3, 0.4) is 0 Å². The van der Waals surface area contributed by atoms with Gasteiger partial charge in [-0.1, -0.05) is 17.7 Å². The average molecular weight is 409 g/mol. The van der Waals surface area contributed by atoms with Crippen LogP contribution in [0.4, 0.5) is 0 Å². The van der Waals surface area contributed by atoms with E-state index in [0.717, 1.165) is 11.1 Å². The van der Waals surface area contributed by atoms with E-state index in [4.69, 9.17) is 4.74 Å². The van der Waals surface area contributed by atoms with Crippen LogP contribution in [0.2, 0.25) is 0 Å². The zero-order chi connectivity index (χ0) is 22.0. The second-order valence-corrected chi connectivity index (χ2v) is 8.87. The molecule has 6 heteroatoms. The van der Waals surface area contributed by atoms with Crippen molar-refractivity contribution in [2.75, 3.05) is 0 Å². The number of aromatic nitrogens is 1. The summed E-state index contributed by atoms with van der Waals surface area (Å²) in [6, 6.07) is 4.81. The number of phenols is 2. The highest BCUT2D eigenvalue weighted by Crippen LogP contribution is 2.46. The molecule has 1 aliphatic rings. The number of aryl methyl sites for hydroxylation is 1. The maximum Gasteiger partial charge on any atom is 0.201 e. The Kier molecular flexibility index (Phi) is 4.58. The van der Waals surface area contributed by atoms with Crippen LogP contribution in [0.15, 0.2) is 34.6 Å². The Morgan fingerprint density at radius 1 is 1.27 bits per heavy atom. The zero-order valence-corrected chi connectivity index (χ0v) is 17.9. The molecule has 0 radical (unpaired) electrons. The van der Waals surface area contributed by atoms with Gasteiger partial charge in [-0.25, -0.2) is 0 Å². The van der Waals surface area contributed by atoms with Gasteiger partial charge in [0.1, 0.15) is 23.4 Å². The SMILES string of the molecule is CC(C)=CCc1c2c(c(O)c3c(=O)c4cccc(O)c4n(C)c13)CC(C(C)(C)O)O2. The number of hydrogen-bond acceptors (Lipinski definition) is 5. The van der Waals surface area contributed by atoms with Crippen LogP contribution in [0.1, 0.15) is 38.8 Å². The Balaban J connectivity index is 2.18. The molecule has 0 amide bonds. The molecular formula is C24H27NO5. The van der Waals surface area contributed by atoms with Crippen LogP contribution in [-0.4, -0.2) is 31.6 Å². The number of benzene rings is 2. The fraction of sp³-hybridized carbons (Fsp3) is 0.375. The number of hydrogen-bond donors (Lipinski definition) is 3. The molecule has 158 valence electrons. The highest BCUT2D eigenvalue weighted by molar-refractivity contribution is 6.01. The van der Waals surface area contributed by atoms with Gasteiger partial charge in [0.05, 0.1) is 27.4 Å². The van der Waals surface area contributed by atoms with Gasteiger partial charge in [0, 0.05) is 24.6 Å². The van der Waals surface area contributed by atoms with E-state index in [0.29, 0.717) is 40.6 Å². The van der Waals surface area contributed by atoms with Gasteiger partial charge >= 0.3 is 0 Å². The molecular weight excluding hydrogens is 382 g/mol. The van der Waals surface area contributed by atoms with Crippen LogP contribution in [0.25, 0.3) is 21.8 Å². The largest absolute Gasteiger partial charge is 0.507 e. The smallest absolute Gasteiger partial charge is 0.201 e. The van der Waals surface area contributed by atoms with Crippen molar-refractivity contribution >= 4 is 21.8 Å². The summed E-state index contributed by atoms with van der Waals surface area (Å²) in [4.78, 5) is 13.4. The van der Waals surface area contributed by atoms with Crippen LogP contribution in [0.5, 0.6) is 17.2 Å². The van der Waals surface area contributed by atoms with Crippen LogP contribution < -0.4 is 10.2 Å². The molecule has 6 nitrogen and oxygen atoms in total. The minimum absolute atomic E-state index is 0.00237. The number of ether oxygens (including phenoxy) is 1. The maximum atomic E-state index is 13.4. The summed E-state index contributed by atoms with van der Waals surface area (Å²) >= 11 is 0. The summed E-state index contributed by atoms with van der Waals surface area (Å²) in [5.74, 6) is 0.394. The molecule has 3 N–H and O–H groups in total. The first-order valence-corrected chi connectivity index (χ1v) is 10.1. The molecule has 0 bridgehead atoms. The van der Waals surface area contributed by atoms with Gasteiger partial charge in [-0.15, -0.1) is 0 Å². The van der Waals surface area contributed by atoms with Crippen LogP contribution in [-0.2, 0) is 19.9 Å². The molecule has 30 heavy (non-hydrogen) atoms. The van der Waals surface area contributed by atoms with Crippen LogP contribution >= 0.6 is 0 Å². The van der Waals surface area contributed by atoms with E-state index in [-0.39, 0.29) is 22.3 Å². The number of para-hydroxylation sites is 1. The van der Waals surface area contributed by atoms with Crippen molar-refractivity contribution in [2.45, 2.75) is 52.2 Å². The van der Waals surface area contributed by atoms with Crippen molar-refractivity contribution in [3.8, 4) is 17.2 Å². The van der Waals surface area contributed by atoms with E-state index in [1.165, 1.54) is 6.07 Å². The van der Waals surface area contributed by atoms with E-state index in [2.05, 4.69) is 0 Å². The number of allylic oxidation sites excluding steroid dienone is 2. The van der Waals surface area contributed by atoms with E-state index >= 15 is 0 Å². The van der Waals surface area contributed by atoms with Gasteiger partial charge in [0.15, 0.2) is 0 Å². The van der Waals surface area contributed by atoms with Crippen molar-refractivity contribution in [2.24, 2.45) is 7.05 Å². The normalized spacial score (nSPS) is 16.0. The van der Waals surface area contributed by atoms with Crippen molar-refractivity contribution in [3.05, 3.63) is 51.2 Å². The Morgan fingerprint density at radius 2 is 1.97 bits per heavy atom. The van der Waals surface area contributed by atoms with Crippen molar-refractivity contribution < 1.29 is 20.1 Å². The third-order valence-corrected chi connectivity index (χ3v) is 5.90. The first kappa shape index (κ1) is 20.3. The molecule has 0 saturated carbocycles. The maximum absolute atomic E-state index is 13.4. The summed E-state index contributed by atoms with van der Waals surface area (Å²) in [5, 5.41) is 32.7. The number of aromatic hydroxyl groups is 2. The van der Waals surface area contributed by atoms with Crippen molar-refractivity contribution in [1.82, 2.24) is 4.57 Å². The topological polar surface area (TPSA) is 91.9 Å². The molecule has 0 fully saturated rings. The lowest BCUT2D eigenvalue weighted by molar-refractivity contribution is -0.0231. The second kappa shape index (κ2) is 6.77. The molecule has 1 unspecified atom stereocenters. The van der Waals surface area contributed by atoms with Gasteiger partial charge in [-0.05, 0) is 46.2 Å². The van der Waals surface area contributed by atoms with E-state index in [1.54, 1.807) is 37.6 Å². The summed E-state index contributed by atoms with van der Waals surface area (Å²) in [6.45, 7) is 7.32. The molecule has 1 aromatic heterocycles. The number of nitrogens with zero attached hydrogens (tertiary/aromatic N) is 1. The Bertz CT molecular complexity index is 1270. The van der Waals surface area contributed by atoms with Crippen molar-refractivity contribution in [1.29, 1.82) is 0 Å². The van der Waals surface area contributed by atoms with Crippen molar-refractivity contribution in [3.63, 3.8) is 0 Å². The van der Waals surface area contributed by atoms with Gasteiger partial charge in [-0.3, -0.25) is 4.79 Å². The molecule has 1 atom stereocenters. The molecule has 1 aliphatic heterocycles. The number of aliphatic hydroxyl groups is 1. The Labute approximate surface area is 174 Å². The summed E-state index contributed by atoms with van der Waals surface area (Å²) < 4.78 is 7.89. The predicted molar refractivity (Wildman–Crippen MR) is 118 cm³/mol. The van der Waals surface area contributed by atoms with E-state index in [1.807, 2.05) is 19.9 Å². The Hall–Kier alpha value is -2.99. The highest BCUT2D eigenvalue weighted by atomic mass is 16.5. The number of pyridine rings is 1. The quantitative estimate of drug-likeness (QED) is 0.453. The Morgan fingerprint density at radius 3 is 2.60 bits per heavy atom. The number of fused-ring (bicyclic) bond motifs is 3. The molecule has 0 saturated heterocycles. The highest BCUT2D eigenvalue weighted by Gasteiger charge is 2.39. The van der Waals surface area contributed by atoms with Gasteiger partial charge in [0.2, 0.25) is 5.43 Å². The molecule has 0 spiro atoms. The molecule has 4 rings (SSSR count). The lowest BCUT2D eigenvalue weighted by atomic mass is 9.93. The third kappa shape index (κ3) is 2.94. The summed E-state index contributed by atoms with van der Waals surface area (Å²) in [7, 11) is 1.77. The minimum Gasteiger partial charge on any atom is -0.507 e. The molecule has 3 aromatic rings.